The Kier molecular flexibility index (Phi) is 14.1. The van der Waals surface area contributed by atoms with Crippen molar-refractivity contribution in [3.8, 4) is 17.2 Å². The first-order valence-electron chi connectivity index (χ1n) is 23.3. The molecule has 17 heteroatoms. The molecule has 360 valence electrons. The molecule has 6 aliphatic rings. The third kappa shape index (κ3) is 8.97. The predicted octanol–water partition coefficient (Wildman–Crippen LogP) is 4.42. The average molecular weight is 913 g/mol. The molecule has 0 spiro atoms. The summed E-state index contributed by atoms with van der Waals surface area (Å²) in [6.45, 7) is 9.42. The Morgan fingerprint density at radius 1 is 0.692 bits per heavy atom. The zero-order chi connectivity index (χ0) is 46.8. The molecule has 0 amide bonds. The molecular weight excluding hydrogens is 845 g/mol. The van der Waals surface area contributed by atoms with Crippen LogP contribution >= 0.6 is 0 Å². The van der Waals surface area contributed by atoms with Gasteiger partial charge in [-0.05, 0) is 94.1 Å². The minimum atomic E-state index is -1.23. The molecule has 65 heavy (non-hydrogen) atoms. The summed E-state index contributed by atoms with van der Waals surface area (Å²) in [5.41, 5.74) is -1.99. The molecule has 2 aromatic rings. The summed E-state index contributed by atoms with van der Waals surface area (Å²) >= 11 is 0. The molecule has 4 fully saturated rings. The summed E-state index contributed by atoms with van der Waals surface area (Å²) in [5.74, 6) is -2.91. The lowest BCUT2D eigenvalue weighted by Gasteiger charge is -2.51. The van der Waals surface area contributed by atoms with E-state index in [-0.39, 0.29) is 76.6 Å². The number of nitrogens with zero attached hydrogens (tertiary/aromatic N) is 2. The zero-order valence-electron chi connectivity index (χ0n) is 39.0. The van der Waals surface area contributed by atoms with Crippen LogP contribution in [0.2, 0.25) is 0 Å². The standard InChI is InChI=1S/C48H68N2O15/c1-10-48(65-36-20-28(49(6)7)41(53)24(4)60-36)19-18-27-38(45(57)40-39(43(27)55)44(56)37-26(42(40)54)12-11-13-31(37)52)47(48)64-35-21-29(50(8)9)46(25(5)61-35)63-34-17-15-32(23(3)59-34)62-33-16-14-30(51)22(2)58-33/h11-13,22-25,28-30,32-36,41,46-47,51-53,55,57H,10,14-21H2,1-9H3. The summed E-state index contributed by atoms with van der Waals surface area (Å²) < 4.78 is 52.4. The molecule has 16 atom stereocenters. The van der Waals surface area contributed by atoms with Crippen LogP contribution in [0, 0.1) is 0 Å². The van der Waals surface area contributed by atoms with Crippen molar-refractivity contribution in [3.05, 3.63) is 51.6 Å². The molecule has 5 N–H and O–H groups in total. The van der Waals surface area contributed by atoms with Gasteiger partial charge in [-0.25, -0.2) is 0 Å². The first-order valence-corrected chi connectivity index (χ1v) is 23.3. The molecule has 4 saturated heterocycles. The number of benzene rings is 2. The fourth-order valence-corrected chi connectivity index (χ4v) is 10.9. The smallest absolute Gasteiger partial charge is 0.202 e. The summed E-state index contributed by atoms with van der Waals surface area (Å²) in [6, 6.07) is 3.60. The van der Waals surface area contributed by atoms with Crippen LogP contribution < -0.4 is 0 Å². The van der Waals surface area contributed by atoms with Crippen molar-refractivity contribution in [1.82, 2.24) is 9.80 Å². The van der Waals surface area contributed by atoms with Crippen molar-refractivity contribution in [2.75, 3.05) is 28.2 Å². The van der Waals surface area contributed by atoms with Crippen LogP contribution in [-0.2, 0) is 44.3 Å². The normalized spacial score (nSPS) is 38.7. The minimum Gasteiger partial charge on any atom is -0.507 e. The van der Waals surface area contributed by atoms with Crippen molar-refractivity contribution in [2.24, 2.45) is 0 Å². The quantitative estimate of drug-likeness (QED) is 0.168. The number of likely N-dealkylation sites (N-methyl/N-ethyl adjacent to an activating group) is 2. The van der Waals surface area contributed by atoms with Gasteiger partial charge < -0.3 is 73.2 Å². The number of aliphatic hydroxyl groups excluding tert-OH is 2. The third-order valence-electron chi connectivity index (χ3n) is 14.8. The minimum absolute atomic E-state index is 0.0985. The number of carbonyl (C=O) groups is 2. The predicted molar refractivity (Wildman–Crippen MR) is 233 cm³/mol. The molecule has 4 heterocycles. The van der Waals surface area contributed by atoms with Crippen molar-refractivity contribution in [2.45, 2.75) is 190 Å². The Labute approximate surface area is 380 Å². The number of fused-ring (bicyclic) bond motifs is 3. The number of hydrogen-bond acceptors (Lipinski definition) is 17. The van der Waals surface area contributed by atoms with E-state index in [1.807, 2.05) is 65.7 Å². The lowest BCUT2D eigenvalue weighted by Crippen LogP contribution is -2.58. The molecule has 0 radical (unpaired) electrons. The molecule has 2 aliphatic carbocycles. The molecular formula is C48H68N2O15. The van der Waals surface area contributed by atoms with Crippen LogP contribution in [0.1, 0.15) is 135 Å². The molecule has 8 rings (SSSR count). The molecule has 0 aromatic heterocycles. The van der Waals surface area contributed by atoms with Gasteiger partial charge in [0.1, 0.15) is 35.1 Å². The van der Waals surface area contributed by atoms with E-state index in [9.17, 15) is 35.1 Å². The zero-order valence-corrected chi connectivity index (χ0v) is 39.0. The highest BCUT2D eigenvalue weighted by molar-refractivity contribution is 6.31. The van der Waals surface area contributed by atoms with E-state index in [1.54, 1.807) is 6.92 Å². The average Bonchev–Trinajstić information content (AvgIpc) is 3.25. The fourth-order valence-electron chi connectivity index (χ4n) is 10.9. The number of ketones is 2. The van der Waals surface area contributed by atoms with E-state index < -0.39 is 96.2 Å². The Hall–Kier alpha value is -3.30. The van der Waals surface area contributed by atoms with Crippen molar-refractivity contribution < 1.29 is 73.0 Å². The van der Waals surface area contributed by atoms with Crippen LogP contribution in [-0.4, -0.2) is 167 Å². The van der Waals surface area contributed by atoms with Gasteiger partial charge in [0.25, 0.3) is 0 Å². The van der Waals surface area contributed by atoms with E-state index >= 15 is 0 Å². The van der Waals surface area contributed by atoms with Crippen LogP contribution in [0.3, 0.4) is 0 Å². The van der Waals surface area contributed by atoms with Crippen LogP contribution in [0.25, 0.3) is 0 Å². The van der Waals surface area contributed by atoms with Gasteiger partial charge in [0.15, 0.2) is 30.9 Å². The second-order valence-corrected chi connectivity index (χ2v) is 19.4. The first kappa shape index (κ1) is 48.2. The molecule has 16 unspecified atom stereocenters. The largest absolute Gasteiger partial charge is 0.507 e. The summed E-state index contributed by atoms with van der Waals surface area (Å²) in [7, 11) is 7.67. The maximum atomic E-state index is 14.3. The highest BCUT2D eigenvalue weighted by Crippen LogP contribution is 2.56. The Morgan fingerprint density at radius 2 is 1.32 bits per heavy atom. The van der Waals surface area contributed by atoms with Gasteiger partial charge in [-0.3, -0.25) is 9.59 Å². The number of phenols is 3. The molecule has 0 bridgehead atoms. The molecule has 4 aliphatic heterocycles. The van der Waals surface area contributed by atoms with Crippen molar-refractivity contribution in [1.29, 1.82) is 0 Å². The second-order valence-electron chi connectivity index (χ2n) is 19.4. The van der Waals surface area contributed by atoms with Gasteiger partial charge in [0.05, 0.1) is 59.4 Å². The van der Waals surface area contributed by atoms with Gasteiger partial charge in [-0.15, -0.1) is 0 Å². The third-order valence-corrected chi connectivity index (χ3v) is 14.8. The number of aliphatic hydroxyl groups is 2. The summed E-state index contributed by atoms with van der Waals surface area (Å²) in [5, 5.41) is 56.3. The second kappa shape index (κ2) is 19.0. The van der Waals surface area contributed by atoms with Crippen molar-refractivity contribution in [3.63, 3.8) is 0 Å². The maximum Gasteiger partial charge on any atom is 0.202 e. The maximum absolute atomic E-state index is 14.3. The van der Waals surface area contributed by atoms with Crippen molar-refractivity contribution >= 4 is 11.6 Å². The van der Waals surface area contributed by atoms with E-state index in [0.717, 1.165) is 0 Å². The lowest BCUT2D eigenvalue weighted by atomic mass is 9.71. The Balaban J connectivity index is 1.09. The van der Waals surface area contributed by atoms with E-state index in [1.165, 1.54) is 18.2 Å². The van der Waals surface area contributed by atoms with E-state index in [0.29, 0.717) is 44.9 Å². The number of hydrogen-bond donors (Lipinski definition) is 5. The first-order chi connectivity index (χ1) is 30.8. The van der Waals surface area contributed by atoms with Gasteiger partial charge in [-0.2, -0.15) is 0 Å². The Morgan fingerprint density at radius 3 is 2.00 bits per heavy atom. The van der Waals surface area contributed by atoms with Gasteiger partial charge >= 0.3 is 0 Å². The summed E-state index contributed by atoms with van der Waals surface area (Å²) in [6.07, 6.45) is -3.68. The number of carbonyl (C=O) groups excluding carboxylic acids is 2. The number of ether oxygens (including phenoxy) is 8. The Bertz CT molecular complexity index is 2080. The number of phenolic OH excluding ortho intramolecular Hbond substituents is 3. The van der Waals surface area contributed by atoms with E-state index in [4.69, 9.17) is 37.9 Å². The van der Waals surface area contributed by atoms with Gasteiger partial charge in [0.2, 0.25) is 5.78 Å². The number of rotatable bonds is 11. The molecule has 17 nitrogen and oxygen atoms in total. The monoisotopic (exact) mass is 912 g/mol. The fraction of sp³-hybridized carbons (Fsp3) is 0.708. The highest BCUT2D eigenvalue weighted by Gasteiger charge is 2.54. The van der Waals surface area contributed by atoms with Crippen LogP contribution in [0.15, 0.2) is 18.2 Å². The lowest BCUT2D eigenvalue weighted by molar-refractivity contribution is -0.335. The summed E-state index contributed by atoms with van der Waals surface area (Å²) in [4.78, 5) is 32.3. The molecule has 2 aromatic carbocycles. The highest BCUT2D eigenvalue weighted by atomic mass is 16.7. The van der Waals surface area contributed by atoms with E-state index in [2.05, 4.69) is 0 Å². The van der Waals surface area contributed by atoms with Gasteiger partial charge in [-0.1, -0.05) is 19.1 Å². The SMILES string of the molecule is CCC1(OC2CC(N(C)C)C(O)C(C)O2)CCc2c(O)c3c(c(O)c2C1OC1CC(N(C)C)C(OC2CCC(OC4CCC(O)C(C)O4)C(C)O2)C(C)O1)C(=O)c1cccc(O)c1C3=O. The van der Waals surface area contributed by atoms with Gasteiger partial charge in [0, 0.05) is 54.5 Å². The topological polar surface area (TPSA) is 216 Å². The molecule has 0 saturated carbocycles. The number of aromatic hydroxyl groups is 3. The van der Waals surface area contributed by atoms with Crippen LogP contribution in [0.5, 0.6) is 17.2 Å². The van der Waals surface area contributed by atoms with Crippen LogP contribution in [0.4, 0.5) is 0 Å².